The SMILES string of the molecule is C[C@@H](c1cccnc1)N(C)Cc1ccc(CN2CCCC2)s1. The average molecular weight is 315 g/mol. The summed E-state index contributed by atoms with van der Waals surface area (Å²) in [7, 11) is 2.19. The Morgan fingerprint density at radius 1 is 1.23 bits per heavy atom. The van der Waals surface area contributed by atoms with E-state index in [2.05, 4.69) is 47.0 Å². The highest BCUT2D eigenvalue weighted by Gasteiger charge is 2.15. The van der Waals surface area contributed by atoms with Gasteiger partial charge in [0, 0.05) is 41.3 Å². The third-order valence-electron chi connectivity index (χ3n) is 4.53. The van der Waals surface area contributed by atoms with Crippen molar-refractivity contribution in [1.29, 1.82) is 0 Å². The van der Waals surface area contributed by atoms with Crippen molar-refractivity contribution in [2.75, 3.05) is 20.1 Å². The van der Waals surface area contributed by atoms with Crippen molar-refractivity contribution in [2.24, 2.45) is 0 Å². The van der Waals surface area contributed by atoms with Gasteiger partial charge < -0.3 is 0 Å². The zero-order valence-electron chi connectivity index (χ0n) is 13.5. The first kappa shape index (κ1) is 15.7. The third kappa shape index (κ3) is 3.94. The van der Waals surface area contributed by atoms with Gasteiger partial charge in [0.25, 0.3) is 0 Å². The summed E-state index contributed by atoms with van der Waals surface area (Å²) in [5, 5.41) is 0. The van der Waals surface area contributed by atoms with Crippen LogP contribution >= 0.6 is 11.3 Å². The van der Waals surface area contributed by atoms with Gasteiger partial charge in [-0.15, -0.1) is 11.3 Å². The second-order valence-corrected chi connectivity index (χ2v) is 7.48. The molecule has 0 N–H and O–H groups in total. The van der Waals surface area contributed by atoms with Crippen molar-refractivity contribution in [3.63, 3.8) is 0 Å². The van der Waals surface area contributed by atoms with Crippen LogP contribution in [0.3, 0.4) is 0 Å². The lowest BCUT2D eigenvalue weighted by Gasteiger charge is -2.24. The molecule has 1 fully saturated rings. The molecule has 1 aliphatic heterocycles. The number of aromatic nitrogens is 1. The van der Waals surface area contributed by atoms with E-state index >= 15 is 0 Å². The summed E-state index contributed by atoms with van der Waals surface area (Å²) in [5.41, 5.74) is 1.28. The summed E-state index contributed by atoms with van der Waals surface area (Å²) < 4.78 is 0. The molecule has 0 saturated carbocycles. The van der Waals surface area contributed by atoms with Crippen LogP contribution in [0, 0.1) is 0 Å². The summed E-state index contributed by atoms with van der Waals surface area (Å²) in [6, 6.07) is 9.15. The Kier molecular flexibility index (Phi) is 5.24. The molecule has 22 heavy (non-hydrogen) atoms. The quantitative estimate of drug-likeness (QED) is 0.805. The van der Waals surface area contributed by atoms with Crippen LogP contribution < -0.4 is 0 Å². The van der Waals surface area contributed by atoms with Gasteiger partial charge in [-0.3, -0.25) is 14.8 Å². The summed E-state index contributed by atoms with van der Waals surface area (Å²) in [4.78, 5) is 12.1. The van der Waals surface area contributed by atoms with Gasteiger partial charge in [-0.25, -0.2) is 0 Å². The molecule has 0 bridgehead atoms. The number of pyridine rings is 1. The molecule has 4 heteroatoms. The van der Waals surface area contributed by atoms with Gasteiger partial charge in [0.05, 0.1) is 0 Å². The molecule has 118 valence electrons. The van der Waals surface area contributed by atoms with Crippen LogP contribution in [0.5, 0.6) is 0 Å². The smallest absolute Gasteiger partial charge is 0.0335 e. The highest BCUT2D eigenvalue weighted by atomic mass is 32.1. The first-order valence-electron chi connectivity index (χ1n) is 8.12. The molecule has 3 heterocycles. The third-order valence-corrected chi connectivity index (χ3v) is 5.58. The zero-order chi connectivity index (χ0) is 15.4. The molecule has 1 atom stereocenters. The minimum absolute atomic E-state index is 0.387. The lowest BCUT2D eigenvalue weighted by molar-refractivity contribution is 0.255. The first-order valence-corrected chi connectivity index (χ1v) is 8.94. The molecule has 1 saturated heterocycles. The van der Waals surface area contributed by atoms with E-state index < -0.39 is 0 Å². The predicted octanol–water partition coefficient (Wildman–Crippen LogP) is 3.93. The molecule has 0 amide bonds. The topological polar surface area (TPSA) is 19.4 Å². The van der Waals surface area contributed by atoms with E-state index in [1.54, 1.807) is 0 Å². The van der Waals surface area contributed by atoms with E-state index in [0.717, 1.165) is 13.1 Å². The van der Waals surface area contributed by atoms with Gasteiger partial charge in [-0.2, -0.15) is 0 Å². The number of likely N-dealkylation sites (tertiary alicyclic amines) is 1. The molecule has 0 aliphatic carbocycles. The van der Waals surface area contributed by atoms with E-state index in [1.165, 1.54) is 41.2 Å². The van der Waals surface area contributed by atoms with Crippen LogP contribution in [0.1, 0.15) is 41.1 Å². The normalized spacial score (nSPS) is 17.2. The van der Waals surface area contributed by atoms with Gasteiger partial charge in [-0.05, 0) is 63.7 Å². The van der Waals surface area contributed by atoms with Crippen LogP contribution in [0.25, 0.3) is 0 Å². The van der Waals surface area contributed by atoms with Crippen LogP contribution in [0.4, 0.5) is 0 Å². The maximum atomic E-state index is 4.23. The molecule has 2 aromatic heterocycles. The largest absolute Gasteiger partial charge is 0.298 e. The molecule has 0 radical (unpaired) electrons. The van der Waals surface area contributed by atoms with E-state index in [4.69, 9.17) is 0 Å². The standard InChI is InChI=1S/C18H25N3S/c1-15(16-6-5-9-19-12-16)20(2)13-17-7-8-18(22-17)14-21-10-3-4-11-21/h5-9,12,15H,3-4,10-11,13-14H2,1-2H3/t15-/m0/s1. The van der Waals surface area contributed by atoms with Crippen molar-refractivity contribution in [3.05, 3.63) is 52.0 Å². The Bertz CT molecular complexity index is 575. The fraction of sp³-hybridized carbons (Fsp3) is 0.500. The van der Waals surface area contributed by atoms with Gasteiger partial charge in [0.15, 0.2) is 0 Å². The molecule has 3 nitrogen and oxygen atoms in total. The Hall–Kier alpha value is -1.23. The maximum absolute atomic E-state index is 4.23. The average Bonchev–Trinajstić information content (AvgIpc) is 3.20. The Morgan fingerprint density at radius 2 is 2.00 bits per heavy atom. The predicted molar refractivity (Wildman–Crippen MR) is 92.9 cm³/mol. The van der Waals surface area contributed by atoms with E-state index in [0.29, 0.717) is 6.04 Å². The minimum atomic E-state index is 0.387. The van der Waals surface area contributed by atoms with Crippen molar-refractivity contribution in [2.45, 2.75) is 38.9 Å². The van der Waals surface area contributed by atoms with Crippen LogP contribution in [-0.2, 0) is 13.1 Å². The second kappa shape index (κ2) is 7.36. The molecule has 3 rings (SSSR count). The monoisotopic (exact) mass is 315 g/mol. The fourth-order valence-electron chi connectivity index (χ4n) is 3.01. The zero-order valence-corrected chi connectivity index (χ0v) is 14.4. The summed E-state index contributed by atoms with van der Waals surface area (Å²) in [5.74, 6) is 0. The van der Waals surface area contributed by atoms with Crippen molar-refractivity contribution in [3.8, 4) is 0 Å². The summed E-state index contributed by atoms with van der Waals surface area (Å²) >= 11 is 1.96. The lowest BCUT2D eigenvalue weighted by Crippen LogP contribution is -2.21. The lowest BCUT2D eigenvalue weighted by atomic mass is 10.1. The molecular formula is C18H25N3S. The highest BCUT2D eigenvalue weighted by Crippen LogP contribution is 2.25. The van der Waals surface area contributed by atoms with Gasteiger partial charge >= 0.3 is 0 Å². The van der Waals surface area contributed by atoms with Crippen molar-refractivity contribution < 1.29 is 0 Å². The molecule has 0 spiro atoms. The van der Waals surface area contributed by atoms with Crippen LogP contribution in [0.2, 0.25) is 0 Å². The molecule has 0 aromatic carbocycles. The summed E-state index contributed by atoms with van der Waals surface area (Å²) in [6.07, 6.45) is 6.53. The van der Waals surface area contributed by atoms with Gasteiger partial charge in [0.1, 0.15) is 0 Å². The molecule has 2 aromatic rings. The number of hydrogen-bond donors (Lipinski definition) is 0. The number of hydrogen-bond acceptors (Lipinski definition) is 4. The molecule has 1 aliphatic rings. The second-order valence-electron chi connectivity index (χ2n) is 6.23. The molecular weight excluding hydrogens is 290 g/mol. The van der Waals surface area contributed by atoms with Crippen molar-refractivity contribution >= 4 is 11.3 Å². The number of thiophene rings is 1. The first-order chi connectivity index (χ1) is 10.7. The van der Waals surface area contributed by atoms with Gasteiger partial charge in [-0.1, -0.05) is 6.07 Å². The Morgan fingerprint density at radius 3 is 2.73 bits per heavy atom. The van der Waals surface area contributed by atoms with Crippen LogP contribution in [-0.4, -0.2) is 34.9 Å². The van der Waals surface area contributed by atoms with E-state index in [9.17, 15) is 0 Å². The fourth-order valence-corrected chi connectivity index (χ4v) is 4.14. The Balaban J connectivity index is 1.57. The van der Waals surface area contributed by atoms with Crippen molar-refractivity contribution in [1.82, 2.24) is 14.8 Å². The molecule has 0 unspecified atom stereocenters. The van der Waals surface area contributed by atoms with E-state index in [-0.39, 0.29) is 0 Å². The maximum Gasteiger partial charge on any atom is 0.0335 e. The minimum Gasteiger partial charge on any atom is -0.298 e. The highest BCUT2D eigenvalue weighted by molar-refractivity contribution is 7.11. The number of rotatable bonds is 6. The van der Waals surface area contributed by atoms with Crippen LogP contribution in [0.15, 0.2) is 36.7 Å². The Labute approximate surface area is 137 Å². The summed E-state index contributed by atoms with van der Waals surface area (Å²) in [6.45, 7) is 6.92. The number of nitrogens with zero attached hydrogens (tertiary/aromatic N) is 3. The van der Waals surface area contributed by atoms with E-state index in [1.807, 2.05) is 29.8 Å². The van der Waals surface area contributed by atoms with Gasteiger partial charge in [0.2, 0.25) is 0 Å².